The van der Waals surface area contributed by atoms with Crippen molar-refractivity contribution in [2.75, 3.05) is 43.5 Å². The summed E-state index contributed by atoms with van der Waals surface area (Å²) in [6.45, 7) is 27.2. The maximum Gasteiger partial charge on any atom is 0.411 e. The Bertz CT molecular complexity index is 3840. The van der Waals surface area contributed by atoms with E-state index in [1.54, 1.807) is 107 Å². The Hall–Kier alpha value is -9.34. The van der Waals surface area contributed by atoms with Crippen molar-refractivity contribution < 1.29 is 103 Å². The van der Waals surface area contributed by atoms with E-state index in [0.717, 1.165) is 9.80 Å². The van der Waals surface area contributed by atoms with Gasteiger partial charge in [-0.05, 0) is 115 Å². The molecule has 10 amide bonds. The first-order valence-electron chi connectivity index (χ1n) is 33.6. The largest absolute Gasteiger partial charge is 0.462 e. The fourth-order valence-electron chi connectivity index (χ4n) is 11.7. The van der Waals surface area contributed by atoms with Gasteiger partial charge in [0, 0.05) is 24.7 Å². The maximum absolute atomic E-state index is 14.3. The highest BCUT2D eigenvalue weighted by Crippen LogP contribution is 2.47. The lowest BCUT2D eigenvalue weighted by Crippen LogP contribution is -2.60. The Balaban J connectivity index is 0.000000321. The predicted octanol–water partition coefficient (Wildman–Crippen LogP) is 5.84. The second kappa shape index (κ2) is 33.0. The van der Waals surface area contributed by atoms with Crippen molar-refractivity contribution in [2.45, 2.75) is 205 Å². The van der Waals surface area contributed by atoms with Crippen LogP contribution in [0.25, 0.3) is 0 Å². The van der Waals surface area contributed by atoms with Gasteiger partial charge in [0.2, 0.25) is 43.7 Å². The van der Waals surface area contributed by atoms with Crippen LogP contribution in [0.4, 0.5) is 30.6 Å². The molecule has 2 aromatic rings. The lowest BCUT2D eigenvalue weighted by atomic mass is 9.85. The molecule has 0 bridgehead atoms. The summed E-state index contributed by atoms with van der Waals surface area (Å²) in [7, 11) is -7.89. The zero-order valence-electron chi connectivity index (χ0n) is 59.3. The van der Waals surface area contributed by atoms with E-state index in [9.17, 15) is 74.4 Å². The van der Waals surface area contributed by atoms with E-state index in [-0.39, 0.29) is 88.5 Å². The minimum Gasteiger partial charge on any atom is -0.462 e. The number of carbonyl (C=O) groups excluding carboxylic acids is 12. The Morgan fingerprint density at radius 2 is 0.883 bits per heavy atom. The van der Waals surface area contributed by atoms with Crippen LogP contribution >= 0.6 is 0 Å². The van der Waals surface area contributed by atoms with E-state index in [4.69, 9.17) is 28.4 Å². The number of sulfonamides is 2. The van der Waals surface area contributed by atoms with E-state index in [0.29, 0.717) is 25.7 Å². The van der Waals surface area contributed by atoms with Crippen molar-refractivity contribution in [1.82, 2.24) is 40.5 Å². The van der Waals surface area contributed by atoms with E-state index < -0.39 is 178 Å². The first kappa shape index (κ1) is 82.6. The first-order valence-corrected chi connectivity index (χ1v) is 36.7. The quantitative estimate of drug-likeness (QED) is 0.0329. The molecule has 6 aliphatic rings. The molecule has 103 heavy (non-hydrogen) atoms. The average Bonchev–Trinajstić information content (AvgIpc) is 1.58. The van der Waals surface area contributed by atoms with Gasteiger partial charge in [0.1, 0.15) is 53.1 Å². The van der Waals surface area contributed by atoms with Crippen LogP contribution in [0.1, 0.15) is 163 Å². The van der Waals surface area contributed by atoms with E-state index in [1.165, 1.54) is 36.4 Å². The van der Waals surface area contributed by atoms with Crippen molar-refractivity contribution in [2.24, 2.45) is 22.7 Å². The fourth-order valence-corrected chi connectivity index (χ4v) is 14.4. The molecule has 4 saturated carbocycles. The van der Waals surface area contributed by atoms with Crippen LogP contribution in [0.3, 0.4) is 0 Å². The van der Waals surface area contributed by atoms with E-state index >= 15 is 0 Å². The molecule has 2 aromatic carbocycles. The molecule has 0 spiro atoms. The summed E-state index contributed by atoms with van der Waals surface area (Å²) in [5.41, 5.74) is -5.53. The summed E-state index contributed by atoms with van der Waals surface area (Å²) in [6, 6.07) is 7.20. The number of nitrogens with zero attached hydrogens (tertiary/aromatic N) is 2. The number of anilines is 2. The predicted molar refractivity (Wildman–Crippen MR) is 374 cm³/mol. The summed E-state index contributed by atoms with van der Waals surface area (Å²) in [5, 5.41) is 14.1. The summed E-state index contributed by atoms with van der Waals surface area (Å²) in [6.07, 6.45) is -1.53. The normalized spacial score (nSPS) is 23.2. The van der Waals surface area contributed by atoms with Crippen molar-refractivity contribution in [3.05, 3.63) is 85.0 Å². The van der Waals surface area contributed by atoms with Gasteiger partial charge in [-0.1, -0.05) is 85.4 Å². The lowest BCUT2D eigenvalue weighted by molar-refractivity contribution is -0.143. The summed E-state index contributed by atoms with van der Waals surface area (Å²) in [4.78, 5) is 162. The van der Waals surface area contributed by atoms with Gasteiger partial charge in [0.25, 0.3) is 11.8 Å². The number of para-hydroxylation sites is 2. The van der Waals surface area contributed by atoms with Gasteiger partial charge < -0.3 is 59.5 Å². The molecule has 0 aromatic heterocycles. The monoisotopic (exact) mass is 1480 g/mol. The van der Waals surface area contributed by atoms with Gasteiger partial charge >= 0.3 is 36.3 Å². The van der Waals surface area contributed by atoms with Gasteiger partial charge in [-0.15, -0.1) is 13.2 Å². The topological polar surface area (TPSA) is 431 Å². The maximum atomic E-state index is 14.3. The van der Waals surface area contributed by atoms with Crippen LogP contribution in [-0.2, 0) is 77.2 Å². The highest BCUT2D eigenvalue weighted by molar-refractivity contribution is 7.91. The summed E-state index contributed by atoms with van der Waals surface area (Å²) in [5.74, 6) is -7.33. The minimum atomic E-state index is -3.95. The lowest BCUT2D eigenvalue weighted by Gasteiger charge is -2.36. The van der Waals surface area contributed by atoms with Crippen LogP contribution in [0.2, 0.25) is 0 Å². The van der Waals surface area contributed by atoms with Crippen molar-refractivity contribution in [3.63, 3.8) is 0 Å². The average molecular weight is 1480 g/mol. The number of nitrogens with one attached hydrogen (secondary N) is 8. The molecule has 8 rings (SSSR count). The molecule has 8 N–H and O–H groups in total. The number of hydrogen-bond acceptors (Lipinski definition) is 22. The minimum absolute atomic E-state index is 0. The highest BCUT2D eigenvalue weighted by Gasteiger charge is 2.64. The molecule has 2 saturated heterocycles. The van der Waals surface area contributed by atoms with Gasteiger partial charge in [0.05, 0.1) is 65.9 Å². The molecular formula is C69H98N10O22S2. The summed E-state index contributed by atoms with van der Waals surface area (Å²) < 4.78 is 86.4. The molecular weight excluding hydrogens is 1380 g/mol. The summed E-state index contributed by atoms with van der Waals surface area (Å²) >= 11 is 0. The second-order valence-electron chi connectivity index (χ2n) is 28.8. The first-order chi connectivity index (χ1) is 47.6. The Labute approximate surface area is 600 Å². The number of benzene rings is 2. The Morgan fingerprint density at radius 3 is 1.19 bits per heavy atom. The highest BCUT2D eigenvalue weighted by atomic mass is 32.2. The van der Waals surface area contributed by atoms with Crippen molar-refractivity contribution in [1.29, 1.82) is 0 Å². The zero-order valence-corrected chi connectivity index (χ0v) is 61.0. The Kier molecular flexibility index (Phi) is 26.4. The van der Waals surface area contributed by atoms with E-state index in [2.05, 4.69) is 54.5 Å². The molecule has 4 aliphatic carbocycles. The third-order valence-electron chi connectivity index (χ3n) is 17.5. The molecule has 2 aliphatic heterocycles. The van der Waals surface area contributed by atoms with Crippen LogP contribution in [0.15, 0.2) is 73.8 Å². The zero-order chi connectivity index (χ0) is 75.8. The number of rotatable bonds is 25. The molecule has 568 valence electrons. The molecule has 10 atom stereocenters. The molecule has 0 unspecified atom stereocenters. The Morgan fingerprint density at radius 1 is 0.534 bits per heavy atom. The third-order valence-corrected chi connectivity index (χ3v) is 21.1. The molecule has 0 radical (unpaired) electrons. The van der Waals surface area contributed by atoms with Crippen molar-refractivity contribution in [3.8, 4) is 0 Å². The van der Waals surface area contributed by atoms with Crippen LogP contribution in [0.5, 0.6) is 0 Å². The SMILES string of the molecule is C.C=C[C@@H]1C[C@]1(NC(=O)[C@@H]1C[C@@H](OC(=O)Nc2ccccc2C(=O)OCC)CN1C(=O)[C@@H](NC(=O)OC(C)(C)C)C(C)(C)C)C(=O)NS(=O)(=O)C1CC1.C=C[C@@H]1C[C@]1(NC(=O)[C@@H]1C[C@@H](OC(=O)Nc2ccccc2C(=O)OCC)CN1C(=O)[C@@H](NC(=O)OCC)C(C)(C)C)C(=O)NS(=O)(=O)C1CC1. The van der Waals surface area contributed by atoms with Crippen LogP contribution in [-0.4, -0.2) is 195 Å². The third kappa shape index (κ3) is 21.0. The number of hydrogen-bond donors (Lipinski definition) is 8. The number of alkyl carbamates (subject to hydrolysis) is 2. The van der Waals surface area contributed by atoms with Gasteiger partial charge in [-0.2, -0.15) is 0 Å². The molecule has 2 heterocycles. The number of carbonyl (C=O) groups is 12. The second-order valence-corrected chi connectivity index (χ2v) is 32.7. The smallest absolute Gasteiger partial charge is 0.411 e. The van der Waals surface area contributed by atoms with Gasteiger partial charge in [-0.3, -0.25) is 48.8 Å². The number of likely N-dealkylation sites (tertiary alicyclic amines) is 2. The van der Waals surface area contributed by atoms with Crippen LogP contribution in [0, 0.1) is 22.7 Å². The fraction of sp³-hybridized carbons (Fsp3) is 0.594. The van der Waals surface area contributed by atoms with Crippen molar-refractivity contribution >= 4 is 103 Å². The molecule has 6 fully saturated rings. The van der Waals surface area contributed by atoms with E-state index in [1.807, 2.05) is 0 Å². The van der Waals surface area contributed by atoms with Gasteiger partial charge in [0.15, 0.2) is 0 Å². The van der Waals surface area contributed by atoms with Gasteiger partial charge in [-0.25, -0.2) is 45.6 Å². The standard InChI is InChI=1S/C35H49N5O11S.C33H45N5O11S.CH4/c1-9-20-18-35(20,30(44)39-52(47,48)22-15-16-22)38-27(41)25-17-21(50-31(45)36-24-14-12-11-13-23(24)29(43)49-10-2)19-40(25)28(42)26(33(3,4)5)37-32(46)51-34(6,7)8;1-7-19-17-33(19,29(42)37-50(45,46)21-14-15-21)36-26(39)24-16-20(18-38(24)27(40)25(32(4,5)6)35-30(43)48-9-3)49-31(44)34-23-13-11-10-12-22(23)28(41)47-8-2;/h9,11-14,20-22,25-26H,1,10,15-19H2,2-8H3,(H,36,45)(H,37,46)(H,38,41)(H,39,44);7,10-13,19-21,24-25H,1,8-9,14-18H2,2-6H3,(H,34,44)(H,35,43)(H,36,39)(H,37,42);1H4/t20-,21-,25+,26-,35-;19-,20-,24+,25-,33-;/m11./s1. The number of amides is 10. The molecule has 32 nitrogen and oxygen atoms in total. The number of ether oxygens (including phenoxy) is 6. The molecule has 34 heteroatoms. The van der Waals surface area contributed by atoms with Crippen LogP contribution < -0.4 is 41.3 Å². The number of esters is 2.